The zero-order valence-electron chi connectivity index (χ0n) is 66.6. The van der Waals surface area contributed by atoms with Crippen molar-refractivity contribution in [1.29, 1.82) is 0 Å². The van der Waals surface area contributed by atoms with Gasteiger partial charge in [0, 0.05) is 12.8 Å². The monoisotopic (exact) mass is 1370 g/mol. The molecule has 578 valence electrons. The number of rotatable bonds is 87. The van der Waals surface area contributed by atoms with E-state index < -0.39 is 12.1 Å². The van der Waals surface area contributed by atoms with Crippen molar-refractivity contribution >= 4 is 11.9 Å². The molecule has 6 nitrogen and oxygen atoms in total. The molecule has 97 heavy (non-hydrogen) atoms. The van der Waals surface area contributed by atoms with Crippen molar-refractivity contribution in [3.63, 3.8) is 0 Å². The maximum atomic E-state index is 12.6. The third-order valence-corrected chi connectivity index (χ3v) is 21.8. The quantitative estimate of drug-likeness (QED) is 0.0320. The fraction of sp³-hybridized carbons (Fsp3) is 0.956. The Hall–Kier alpha value is -1.40. The van der Waals surface area contributed by atoms with Crippen LogP contribution in [-0.2, 0) is 14.3 Å². The lowest BCUT2D eigenvalue weighted by molar-refractivity contribution is -0.143. The van der Waals surface area contributed by atoms with Crippen molar-refractivity contribution < 1.29 is 24.5 Å². The normalized spacial score (nSPS) is 12.4. The van der Waals surface area contributed by atoms with Gasteiger partial charge in [-0.05, 0) is 32.1 Å². The van der Waals surface area contributed by atoms with Crippen LogP contribution in [0.4, 0.5) is 0 Å². The van der Waals surface area contributed by atoms with E-state index in [1.165, 1.54) is 469 Å². The highest BCUT2D eigenvalue weighted by Crippen LogP contribution is 2.22. The molecule has 0 aromatic heterocycles. The van der Waals surface area contributed by atoms with Gasteiger partial charge in [0.1, 0.15) is 0 Å². The second kappa shape index (κ2) is 87.0. The number of carbonyl (C=O) groups is 2. The van der Waals surface area contributed by atoms with Crippen LogP contribution < -0.4 is 5.32 Å². The van der Waals surface area contributed by atoms with E-state index in [4.69, 9.17) is 4.74 Å². The van der Waals surface area contributed by atoms with Gasteiger partial charge in [0.2, 0.25) is 5.91 Å². The Bertz CT molecular complexity index is 1480. The van der Waals surface area contributed by atoms with Gasteiger partial charge >= 0.3 is 5.97 Å². The summed E-state index contributed by atoms with van der Waals surface area (Å²) >= 11 is 0. The summed E-state index contributed by atoms with van der Waals surface area (Å²) in [5.74, 6) is -0.0262. The first-order valence-corrected chi connectivity index (χ1v) is 45.5. The second-order valence-corrected chi connectivity index (χ2v) is 31.7. The molecule has 1 amide bonds. The van der Waals surface area contributed by atoms with Crippen molar-refractivity contribution in [1.82, 2.24) is 5.32 Å². The highest BCUT2D eigenvalue weighted by atomic mass is 16.5. The molecular weight excluding hydrogens is 1190 g/mol. The van der Waals surface area contributed by atoms with Gasteiger partial charge in [-0.1, -0.05) is 501 Å². The van der Waals surface area contributed by atoms with Crippen LogP contribution in [0, 0.1) is 0 Å². The van der Waals surface area contributed by atoms with Crippen molar-refractivity contribution in [3.8, 4) is 0 Å². The van der Waals surface area contributed by atoms with E-state index in [0.29, 0.717) is 19.4 Å². The summed E-state index contributed by atoms with van der Waals surface area (Å²) in [7, 11) is 0. The molecule has 0 fully saturated rings. The number of aliphatic hydroxyl groups excluding tert-OH is 2. The highest BCUT2D eigenvalue weighted by Gasteiger charge is 2.18. The highest BCUT2D eigenvalue weighted by molar-refractivity contribution is 5.76. The number of amides is 1. The Morgan fingerprint density at radius 3 is 0.701 bits per heavy atom. The molecule has 2 unspecified atom stereocenters. The molecule has 0 aliphatic heterocycles. The molecule has 0 bridgehead atoms. The maximum absolute atomic E-state index is 12.6. The molecule has 0 spiro atoms. The molecule has 0 aliphatic carbocycles. The molecule has 0 heterocycles. The largest absolute Gasteiger partial charge is 0.466 e. The minimum absolute atomic E-state index is 0.0296. The number of ether oxygens (including phenoxy) is 1. The topological polar surface area (TPSA) is 95.9 Å². The molecule has 2 atom stereocenters. The van der Waals surface area contributed by atoms with Gasteiger partial charge in [-0.2, -0.15) is 0 Å². The smallest absolute Gasteiger partial charge is 0.305 e. The van der Waals surface area contributed by atoms with Gasteiger partial charge in [-0.15, -0.1) is 0 Å². The van der Waals surface area contributed by atoms with Crippen molar-refractivity contribution in [2.75, 3.05) is 13.2 Å². The summed E-state index contributed by atoms with van der Waals surface area (Å²) in [5, 5.41) is 23.3. The van der Waals surface area contributed by atoms with E-state index in [1.807, 2.05) is 6.08 Å². The average Bonchev–Trinajstić information content (AvgIpc) is 2.23. The fourth-order valence-corrected chi connectivity index (χ4v) is 14.9. The van der Waals surface area contributed by atoms with Crippen LogP contribution in [0.2, 0.25) is 0 Å². The van der Waals surface area contributed by atoms with E-state index in [-0.39, 0.29) is 18.5 Å². The number of allylic oxidation sites excluding steroid dienone is 1. The number of carbonyl (C=O) groups excluding carboxylic acids is 2. The molecule has 3 N–H and O–H groups in total. The molecule has 0 saturated heterocycles. The van der Waals surface area contributed by atoms with Crippen LogP contribution in [0.5, 0.6) is 0 Å². The lowest BCUT2D eigenvalue weighted by Crippen LogP contribution is -2.45. The average molecular weight is 1370 g/mol. The first-order valence-electron chi connectivity index (χ1n) is 45.5. The van der Waals surface area contributed by atoms with E-state index in [0.717, 1.165) is 38.5 Å². The van der Waals surface area contributed by atoms with Gasteiger partial charge in [-0.25, -0.2) is 0 Å². The Morgan fingerprint density at radius 2 is 0.474 bits per heavy atom. The number of esters is 1. The molecule has 0 aromatic carbocycles. The van der Waals surface area contributed by atoms with Crippen LogP contribution in [0.25, 0.3) is 0 Å². The Morgan fingerprint density at radius 1 is 0.278 bits per heavy atom. The van der Waals surface area contributed by atoms with Crippen LogP contribution >= 0.6 is 0 Å². The van der Waals surface area contributed by atoms with Crippen LogP contribution in [0.15, 0.2) is 12.2 Å². The van der Waals surface area contributed by atoms with Crippen LogP contribution in [-0.4, -0.2) is 47.4 Å². The SMILES string of the molecule is CCCCCCCCCCCCCCCCCCCCCCCC/C=C/C(O)C(CO)NC(=O)CCCCCCCCCCCCCCCCCCCCCCCCCCCCCCCCCCCCCCCOC(=O)CCCCCCCCCCCCCCCCCCCCC. The third kappa shape index (κ3) is 83.4. The summed E-state index contributed by atoms with van der Waals surface area (Å²) < 4.78 is 5.53. The number of hydrogen-bond acceptors (Lipinski definition) is 5. The molecule has 0 rings (SSSR count). The summed E-state index contributed by atoms with van der Waals surface area (Å²) in [4.78, 5) is 24.7. The summed E-state index contributed by atoms with van der Waals surface area (Å²) in [5.41, 5.74) is 0. The number of nitrogens with one attached hydrogen (secondary N) is 1. The second-order valence-electron chi connectivity index (χ2n) is 31.7. The fourth-order valence-electron chi connectivity index (χ4n) is 14.9. The number of hydrogen-bond donors (Lipinski definition) is 3. The van der Waals surface area contributed by atoms with Gasteiger partial charge in [0.15, 0.2) is 0 Å². The zero-order valence-corrected chi connectivity index (χ0v) is 66.6. The summed E-state index contributed by atoms with van der Waals surface area (Å²) in [6.07, 6.45) is 113. The Kier molecular flexibility index (Phi) is 85.7. The van der Waals surface area contributed by atoms with Gasteiger partial charge in [0.25, 0.3) is 0 Å². The standard InChI is InChI=1S/C91H179NO5/c1-3-5-7-9-11-13-15-17-19-21-23-24-25-41-44-48-51-55-59-63-67-71-75-79-83-89(94)88(87-93)92-90(95)84-80-76-72-68-64-60-56-52-49-45-42-39-37-35-33-31-29-27-26-28-30-32-34-36-38-40-43-46-50-54-58-62-66-70-74-78-82-86-97-91(96)85-81-77-73-69-65-61-57-53-47-22-20-18-16-14-12-10-8-6-4-2/h79,83,88-89,93-94H,3-78,80-82,84-87H2,1-2H3,(H,92,95)/b83-79+. The summed E-state index contributed by atoms with van der Waals surface area (Å²) in [6, 6.07) is -0.625. The van der Waals surface area contributed by atoms with Gasteiger partial charge in [-0.3, -0.25) is 9.59 Å². The van der Waals surface area contributed by atoms with Crippen LogP contribution in [0.3, 0.4) is 0 Å². The molecule has 6 heteroatoms. The summed E-state index contributed by atoms with van der Waals surface area (Å²) in [6.45, 7) is 4.98. The Labute approximate surface area is 609 Å². The van der Waals surface area contributed by atoms with Crippen molar-refractivity contribution in [2.24, 2.45) is 0 Å². The lowest BCUT2D eigenvalue weighted by Gasteiger charge is -2.20. The van der Waals surface area contributed by atoms with Crippen molar-refractivity contribution in [2.45, 2.75) is 546 Å². The van der Waals surface area contributed by atoms with E-state index in [9.17, 15) is 19.8 Å². The first kappa shape index (κ1) is 95.6. The Balaban J connectivity index is 3.31. The molecule has 0 aliphatic rings. The maximum Gasteiger partial charge on any atom is 0.305 e. The molecule has 0 aromatic rings. The van der Waals surface area contributed by atoms with E-state index in [1.54, 1.807) is 6.08 Å². The molecule has 0 saturated carbocycles. The number of aliphatic hydroxyl groups is 2. The minimum Gasteiger partial charge on any atom is -0.466 e. The first-order chi connectivity index (χ1) is 48.0. The van der Waals surface area contributed by atoms with E-state index >= 15 is 0 Å². The van der Waals surface area contributed by atoms with Crippen molar-refractivity contribution in [3.05, 3.63) is 12.2 Å². The lowest BCUT2D eigenvalue weighted by atomic mass is 10.0. The van der Waals surface area contributed by atoms with Gasteiger partial charge < -0.3 is 20.3 Å². The minimum atomic E-state index is -0.842. The van der Waals surface area contributed by atoms with Crippen LogP contribution in [0.1, 0.15) is 534 Å². The zero-order chi connectivity index (χ0) is 69.8. The molecular formula is C91H179NO5. The third-order valence-electron chi connectivity index (χ3n) is 21.8. The predicted molar refractivity (Wildman–Crippen MR) is 430 cm³/mol. The van der Waals surface area contributed by atoms with E-state index in [2.05, 4.69) is 19.2 Å². The van der Waals surface area contributed by atoms with Gasteiger partial charge in [0.05, 0.1) is 25.4 Å². The predicted octanol–water partition coefficient (Wildman–Crippen LogP) is 30.6. The molecule has 0 radical (unpaired) electrons. The number of unbranched alkanes of at least 4 members (excludes halogenated alkanes) is 76.